The summed E-state index contributed by atoms with van der Waals surface area (Å²) in [7, 11) is 0. The Bertz CT molecular complexity index is 398. The topological polar surface area (TPSA) is 0 Å². The average molecular weight is 403 g/mol. The summed E-state index contributed by atoms with van der Waals surface area (Å²) in [6.07, 6.45) is 4.26. The van der Waals surface area contributed by atoms with Crippen LogP contribution < -0.4 is 3.58 Å². The quantitative estimate of drug-likeness (QED) is 0.432. The molecule has 120 valence electrons. The summed E-state index contributed by atoms with van der Waals surface area (Å²) in [5, 5.41) is 0. The molecule has 1 aromatic carbocycles. The second kappa shape index (κ2) is 9.81. The van der Waals surface area contributed by atoms with Crippen LogP contribution in [0.4, 0.5) is 8.78 Å². The van der Waals surface area contributed by atoms with E-state index in [0.29, 0.717) is 10.9 Å². The van der Waals surface area contributed by atoms with Gasteiger partial charge in [-0.1, -0.05) is 0 Å². The summed E-state index contributed by atoms with van der Waals surface area (Å²) < 4.78 is 32.4. The van der Waals surface area contributed by atoms with E-state index < -0.39 is 24.5 Å². The van der Waals surface area contributed by atoms with Gasteiger partial charge < -0.3 is 0 Å². The van der Waals surface area contributed by atoms with Gasteiger partial charge in [-0.2, -0.15) is 0 Å². The molecule has 0 N–H and O–H groups in total. The van der Waals surface area contributed by atoms with Gasteiger partial charge in [0, 0.05) is 0 Å². The Morgan fingerprint density at radius 1 is 1.00 bits per heavy atom. The normalized spacial score (nSPS) is 13.4. The molecule has 0 fully saturated rings. The summed E-state index contributed by atoms with van der Waals surface area (Å²) in [6, 6.07) is 7.21. The van der Waals surface area contributed by atoms with E-state index in [-0.39, 0.29) is 5.82 Å². The molecule has 0 saturated heterocycles. The van der Waals surface area contributed by atoms with Crippen molar-refractivity contribution in [3.8, 4) is 0 Å². The van der Waals surface area contributed by atoms with Gasteiger partial charge in [0.05, 0.1) is 0 Å². The summed E-state index contributed by atoms with van der Waals surface area (Å²) in [4.78, 5) is 0. The zero-order chi connectivity index (χ0) is 15.7. The fourth-order valence-electron chi connectivity index (χ4n) is 3.20. The molecule has 0 radical (unpaired) electrons. The van der Waals surface area contributed by atoms with Crippen LogP contribution in [0.3, 0.4) is 0 Å². The van der Waals surface area contributed by atoms with Crippen molar-refractivity contribution < 1.29 is 8.78 Å². The van der Waals surface area contributed by atoms with Crippen molar-refractivity contribution in [3.63, 3.8) is 0 Å². The summed E-state index contributed by atoms with van der Waals surface area (Å²) in [5.74, 6) is -0.0798. The zero-order valence-electron chi connectivity index (χ0n) is 13.8. The van der Waals surface area contributed by atoms with E-state index in [0.717, 1.165) is 38.1 Å². The number of halogens is 2. The standard InChI is InChI=1S/C6H4F.C4H8F.2C4H9.Sn/c7-6-4-2-1-3-5-6;1-3-4(2)5;2*1-3-4-2;/h1-4H;4H,2-3H2,1H3;2*1,3-4H2,2H3;. The molecule has 0 nitrogen and oxygen atoms in total. The Kier molecular flexibility index (Phi) is 8.84. The Labute approximate surface area is 133 Å². The van der Waals surface area contributed by atoms with Gasteiger partial charge in [0.2, 0.25) is 0 Å². The van der Waals surface area contributed by atoms with Gasteiger partial charge in [-0.15, -0.1) is 0 Å². The maximum atomic E-state index is 14.4. The molecule has 0 bridgehead atoms. The van der Waals surface area contributed by atoms with Crippen LogP contribution in [0.5, 0.6) is 0 Å². The molecule has 3 heteroatoms. The molecule has 0 aliphatic rings. The molecule has 0 aliphatic heterocycles. The SMILES string of the molecule is CCC[CH2][Sn]([CH2]CCC)([CH2]C(F)CC)[c]1ccccc1F. The third kappa shape index (κ3) is 5.54. The van der Waals surface area contributed by atoms with Crippen LogP contribution in [0.15, 0.2) is 24.3 Å². The summed E-state index contributed by atoms with van der Waals surface area (Å²) in [6.45, 7) is 6.25. The molecule has 0 heterocycles. The first-order valence-electron chi connectivity index (χ1n) is 8.48. The molecule has 1 atom stereocenters. The molecule has 0 aromatic heterocycles. The Hall–Kier alpha value is -0.121. The van der Waals surface area contributed by atoms with Crippen LogP contribution in [0, 0.1) is 5.82 Å². The van der Waals surface area contributed by atoms with Gasteiger partial charge in [-0.25, -0.2) is 0 Å². The van der Waals surface area contributed by atoms with Crippen molar-refractivity contribution in [2.24, 2.45) is 0 Å². The van der Waals surface area contributed by atoms with E-state index in [4.69, 9.17) is 0 Å². The minimum absolute atomic E-state index is 0.0798. The van der Waals surface area contributed by atoms with Gasteiger partial charge in [-0.05, 0) is 0 Å². The van der Waals surface area contributed by atoms with Gasteiger partial charge in [-0.3, -0.25) is 0 Å². The molecule has 0 aliphatic carbocycles. The molecule has 0 spiro atoms. The van der Waals surface area contributed by atoms with Crippen molar-refractivity contribution in [2.75, 3.05) is 0 Å². The molecule has 1 unspecified atom stereocenters. The average Bonchev–Trinajstić information content (AvgIpc) is 2.50. The van der Waals surface area contributed by atoms with Crippen molar-refractivity contribution >= 4 is 22.0 Å². The van der Waals surface area contributed by atoms with Gasteiger partial charge in [0.15, 0.2) is 0 Å². The van der Waals surface area contributed by atoms with Crippen LogP contribution in [-0.2, 0) is 0 Å². The number of alkyl halides is 1. The number of unbranched alkanes of at least 4 members (excludes halogenated alkanes) is 2. The first kappa shape index (κ1) is 18.9. The fourth-order valence-corrected chi connectivity index (χ4v) is 19.3. The number of rotatable bonds is 10. The predicted molar refractivity (Wildman–Crippen MR) is 91.2 cm³/mol. The van der Waals surface area contributed by atoms with Gasteiger partial charge >= 0.3 is 133 Å². The molecule has 1 aromatic rings. The van der Waals surface area contributed by atoms with Crippen molar-refractivity contribution in [1.82, 2.24) is 0 Å². The Balaban J connectivity index is 3.17. The summed E-state index contributed by atoms with van der Waals surface area (Å²) >= 11 is -2.99. The predicted octanol–water partition coefficient (Wildman–Crippen LogP) is 5.83. The van der Waals surface area contributed by atoms with Crippen molar-refractivity contribution in [2.45, 2.75) is 72.4 Å². The van der Waals surface area contributed by atoms with Crippen LogP contribution in [0.25, 0.3) is 0 Å². The monoisotopic (exact) mass is 404 g/mol. The van der Waals surface area contributed by atoms with Gasteiger partial charge in [0.1, 0.15) is 0 Å². The number of hydrogen-bond donors (Lipinski definition) is 0. The molecule has 0 amide bonds. The molecular weight excluding hydrogens is 373 g/mol. The first-order chi connectivity index (χ1) is 10.1. The number of benzene rings is 1. The second-order valence-electron chi connectivity index (χ2n) is 6.18. The van der Waals surface area contributed by atoms with E-state index in [1.807, 2.05) is 19.1 Å². The Morgan fingerprint density at radius 2 is 1.57 bits per heavy atom. The minimum atomic E-state index is -2.99. The van der Waals surface area contributed by atoms with Crippen molar-refractivity contribution in [3.05, 3.63) is 30.1 Å². The van der Waals surface area contributed by atoms with E-state index in [1.165, 1.54) is 0 Å². The third-order valence-corrected chi connectivity index (χ3v) is 19.9. The van der Waals surface area contributed by atoms with E-state index in [9.17, 15) is 8.78 Å². The second-order valence-corrected chi connectivity index (χ2v) is 19.0. The van der Waals surface area contributed by atoms with Crippen molar-refractivity contribution in [1.29, 1.82) is 0 Å². The number of hydrogen-bond acceptors (Lipinski definition) is 0. The molecule has 21 heavy (non-hydrogen) atoms. The zero-order valence-corrected chi connectivity index (χ0v) is 16.7. The van der Waals surface area contributed by atoms with Gasteiger partial charge in [0.25, 0.3) is 0 Å². The third-order valence-electron chi connectivity index (χ3n) is 4.52. The fraction of sp³-hybridized carbons (Fsp3) is 0.667. The molecule has 0 saturated carbocycles. The van der Waals surface area contributed by atoms with Crippen LogP contribution in [0.2, 0.25) is 13.3 Å². The molecule has 1 rings (SSSR count). The van der Waals surface area contributed by atoms with Crippen LogP contribution in [-0.4, -0.2) is 24.5 Å². The van der Waals surface area contributed by atoms with E-state index in [1.54, 1.807) is 12.1 Å². The van der Waals surface area contributed by atoms with Crippen LogP contribution >= 0.6 is 0 Å². The van der Waals surface area contributed by atoms with E-state index >= 15 is 0 Å². The summed E-state index contributed by atoms with van der Waals surface area (Å²) in [5.41, 5.74) is 0. The van der Waals surface area contributed by atoms with Crippen LogP contribution in [0.1, 0.15) is 52.9 Å². The first-order valence-corrected chi connectivity index (χ1v) is 16.0. The molecular formula is C18H30F2Sn. The van der Waals surface area contributed by atoms with E-state index in [2.05, 4.69) is 13.8 Å². The Morgan fingerprint density at radius 3 is 2.05 bits per heavy atom. The maximum absolute atomic E-state index is 14.4.